The lowest BCUT2D eigenvalue weighted by Gasteiger charge is -2.22. The Balaban J connectivity index is 2.07. The van der Waals surface area contributed by atoms with Gasteiger partial charge in [-0.25, -0.2) is 0 Å². The number of benzene rings is 3. The molecule has 0 saturated heterocycles. The number of carbonyl (C=O) groups excluding carboxylic acids is 1. The van der Waals surface area contributed by atoms with Gasteiger partial charge in [0.25, 0.3) is 5.91 Å². The maximum Gasteiger partial charge on any atom is 0.255 e. The van der Waals surface area contributed by atoms with Gasteiger partial charge in [-0.05, 0) is 53.3 Å². The standard InChI is InChI=1S/C24H25NO/c1-17-10-8-9-13-20(17)21-16-19(24(2,3)4)14-15-22(21)25-23(26)18-11-6-5-7-12-18/h5-16H,1-4H3,(H,25,26). The molecule has 3 rings (SSSR count). The summed E-state index contributed by atoms with van der Waals surface area (Å²) in [5, 5.41) is 3.09. The van der Waals surface area contributed by atoms with E-state index in [2.05, 4.69) is 57.3 Å². The Hall–Kier alpha value is -2.87. The number of carbonyl (C=O) groups is 1. The lowest BCUT2D eigenvalue weighted by molar-refractivity contribution is 0.102. The fourth-order valence-corrected chi connectivity index (χ4v) is 3.00. The molecule has 0 bridgehead atoms. The fraction of sp³-hybridized carbons (Fsp3) is 0.208. The maximum absolute atomic E-state index is 12.7. The van der Waals surface area contributed by atoms with Gasteiger partial charge in [0, 0.05) is 16.8 Å². The first-order valence-electron chi connectivity index (χ1n) is 8.93. The Morgan fingerprint density at radius 2 is 1.46 bits per heavy atom. The third-order valence-corrected chi connectivity index (χ3v) is 4.61. The van der Waals surface area contributed by atoms with Crippen LogP contribution in [0.25, 0.3) is 11.1 Å². The second kappa shape index (κ2) is 7.17. The minimum absolute atomic E-state index is 0.0411. The van der Waals surface area contributed by atoms with Crippen LogP contribution in [0.5, 0.6) is 0 Å². The summed E-state index contributed by atoms with van der Waals surface area (Å²) in [6.45, 7) is 8.70. The summed E-state index contributed by atoms with van der Waals surface area (Å²) >= 11 is 0. The molecule has 132 valence electrons. The summed E-state index contributed by atoms with van der Waals surface area (Å²) in [6, 6.07) is 23.9. The Morgan fingerprint density at radius 3 is 2.12 bits per heavy atom. The monoisotopic (exact) mass is 343 g/mol. The van der Waals surface area contributed by atoms with Gasteiger partial charge < -0.3 is 5.32 Å². The van der Waals surface area contributed by atoms with E-state index >= 15 is 0 Å². The van der Waals surface area contributed by atoms with Crippen LogP contribution in [-0.2, 0) is 5.41 Å². The first-order valence-corrected chi connectivity index (χ1v) is 8.93. The Labute approximate surface area is 155 Å². The molecule has 2 nitrogen and oxygen atoms in total. The van der Waals surface area contributed by atoms with Crippen LogP contribution in [0.1, 0.15) is 42.3 Å². The molecule has 0 radical (unpaired) electrons. The van der Waals surface area contributed by atoms with Crippen molar-refractivity contribution in [1.82, 2.24) is 0 Å². The topological polar surface area (TPSA) is 29.1 Å². The summed E-state index contributed by atoms with van der Waals surface area (Å²) in [6.07, 6.45) is 0. The van der Waals surface area contributed by atoms with Crippen molar-refractivity contribution in [3.63, 3.8) is 0 Å². The molecule has 0 saturated carbocycles. The van der Waals surface area contributed by atoms with Crippen LogP contribution in [0.15, 0.2) is 72.8 Å². The van der Waals surface area contributed by atoms with Gasteiger partial charge in [-0.15, -0.1) is 0 Å². The van der Waals surface area contributed by atoms with Crippen LogP contribution in [0.4, 0.5) is 5.69 Å². The summed E-state index contributed by atoms with van der Waals surface area (Å²) in [7, 11) is 0. The molecule has 26 heavy (non-hydrogen) atoms. The quantitative estimate of drug-likeness (QED) is 0.601. The van der Waals surface area contributed by atoms with Crippen molar-refractivity contribution >= 4 is 11.6 Å². The van der Waals surface area contributed by atoms with Gasteiger partial charge in [0.2, 0.25) is 0 Å². The van der Waals surface area contributed by atoms with Gasteiger partial charge in [0.1, 0.15) is 0 Å². The van der Waals surface area contributed by atoms with E-state index in [0.717, 1.165) is 16.8 Å². The molecule has 3 aromatic carbocycles. The molecule has 0 atom stereocenters. The third-order valence-electron chi connectivity index (χ3n) is 4.61. The molecule has 2 heteroatoms. The van der Waals surface area contributed by atoms with E-state index in [1.54, 1.807) is 0 Å². The van der Waals surface area contributed by atoms with Crippen LogP contribution in [0.3, 0.4) is 0 Å². The van der Waals surface area contributed by atoms with Gasteiger partial charge in [-0.3, -0.25) is 4.79 Å². The van der Waals surface area contributed by atoms with Crippen molar-refractivity contribution in [2.45, 2.75) is 33.1 Å². The molecule has 0 unspecified atom stereocenters. The largest absolute Gasteiger partial charge is 0.321 e. The van der Waals surface area contributed by atoms with Gasteiger partial charge >= 0.3 is 0 Å². The predicted molar refractivity (Wildman–Crippen MR) is 110 cm³/mol. The molecule has 0 aliphatic heterocycles. The molecule has 3 aromatic rings. The molecular formula is C24H25NO. The second-order valence-electron chi connectivity index (χ2n) is 7.65. The van der Waals surface area contributed by atoms with Gasteiger partial charge in [0.05, 0.1) is 0 Å². The fourth-order valence-electron chi connectivity index (χ4n) is 3.00. The van der Waals surface area contributed by atoms with E-state index in [1.165, 1.54) is 11.1 Å². The number of hydrogen-bond donors (Lipinski definition) is 1. The smallest absolute Gasteiger partial charge is 0.255 e. The Morgan fingerprint density at radius 1 is 0.808 bits per heavy atom. The first kappa shape index (κ1) is 17.9. The SMILES string of the molecule is Cc1ccccc1-c1cc(C(C)(C)C)ccc1NC(=O)c1ccccc1. The third kappa shape index (κ3) is 3.85. The van der Waals surface area contributed by atoms with Crippen LogP contribution < -0.4 is 5.32 Å². The van der Waals surface area contributed by atoms with E-state index in [4.69, 9.17) is 0 Å². The van der Waals surface area contributed by atoms with Crippen molar-refractivity contribution in [2.24, 2.45) is 0 Å². The highest BCUT2D eigenvalue weighted by atomic mass is 16.1. The van der Waals surface area contributed by atoms with Gasteiger partial charge in [-0.2, -0.15) is 0 Å². The van der Waals surface area contributed by atoms with E-state index in [-0.39, 0.29) is 11.3 Å². The average molecular weight is 343 g/mol. The second-order valence-corrected chi connectivity index (χ2v) is 7.65. The predicted octanol–water partition coefficient (Wildman–Crippen LogP) is 6.21. The van der Waals surface area contributed by atoms with E-state index in [0.29, 0.717) is 5.56 Å². The minimum atomic E-state index is -0.0936. The van der Waals surface area contributed by atoms with Crippen molar-refractivity contribution in [3.8, 4) is 11.1 Å². The number of rotatable bonds is 3. The zero-order valence-corrected chi connectivity index (χ0v) is 15.8. The number of anilines is 1. The molecule has 1 amide bonds. The molecular weight excluding hydrogens is 318 g/mol. The average Bonchev–Trinajstić information content (AvgIpc) is 2.62. The molecule has 1 N–H and O–H groups in total. The van der Waals surface area contributed by atoms with Crippen molar-refractivity contribution < 1.29 is 4.79 Å². The summed E-state index contributed by atoms with van der Waals surface area (Å²) in [5.74, 6) is -0.0936. The van der Waals surface area contributed by atoms with Crippen molar-refractivity contribution in [3.05, 3.63) is 89.5 Å². The molecule has 0 spiro atoms. The number of nitrogens with one attached hydrogen (secondary N) is 1. The van der Waals surface area contributed by atoms with E-state index in [1.807, 2.05) is 48.5 Å². The van der Waals surface area contributed by atoms with Crippen molar-refractivity contribution in [2.75, 3.05) is 5.32 Å². The van der Waals surface area contributed by atoms with Crippen LogP contribution >= 0.6 is 0 Å². The highest BCUT2D eigenvalue weighted by Crippen LogP contribution is 2.35. The van der Waals surface area contributed by atoms with Crippen LogP contribution in [0, 0.1) is 6.92 Å². The van der Waals surface area contributed by atoms with Crippen LogP contribution in [0.2, 0.25) is 0 Å². The summed E-state index contributed by atoms with van der Waals surface area (Å²) in [5.41, 5.74) is 6.16. The molecule has 0 fully saturated rings. The zero-order chi connectivity index (χ0) is 18.7. The Kier molecular flexibility index (Phi) is 4.94. The molecule has 0 aliphatic rings. The molecule has 0 aliphatic carbocycles. The van der Waals surface area contributed by atoms with Crippen molar-refractivity contribution in [1.29, 1.82) is 0 Å². The minimum Gasteiger partial charge on any atom is -0.321 e. The normalized spacial score (nSPS) is 11.2. The number of amides is 1. The number of hydrogen-bond acceptors (Lipinski definition) is 1. The number of aryl methyl sites for hydroxylation is 1. The molecule has 0 aromatic heterocycles. The first-order chi connectivity index (χ1) is 12.4. The van der Waals surface area contributed by atoms with Crippen LogP contribution in [-0.4, -0.2) is 5.91 Å². The Bertz CT molecular complexity index is 920. The lowest BCUT2D eigenvalue weighted by atomic mass is 9.84. The summed E-state index contributed by atoms with van der Waals surface area (Å²) < 4.78 is 0. The maximum atomic E-state index is 12.7. The van der Waals surface area contributed by atoms with E-state index in [9.17, 15) is 4.79 Å². The zero-order valence-electron chi connectivity index (χ0n) is 15.8. The highest BCUT2D eigenvalue weighted by molar-refractivity contribution is 6.06. The lowest BCUT2D eigenvalue weighted by Crippen LogP contribution is -2.15. The highest BCUT2D eigenvalue weighted by Gasteiger charge is 2.18. The van der Waals surface area contributed by atoms with Gasteiger partial charge in [-0.1, -0.05) is 69.3 Å². The molecule has 0 heterocycles. The van der Waals surface area contributed by atoms with E-state index < -0.39 is 0 Å². The summed E-state index contributed by atoms with van der Waals surface area (Å²) in [4.78, 5) is 12.7. The van der Waals surface area contributed by atoms with Gasteiger partial charge in [0.15, 0.2) is 0 Å².